The third-order valence-corrected chi connectivity index (χ3v) is 2.62. The zero-order valence-corrected chi connectivity index (χ0v) is 10.4. The maximum absolute atomic E-state index is 5.65. The lowest BCUT2D eigenvalue weighted by molar-refractivity contribution is 0.412. The first-order valence-electron chi connectivity index (χ1n) is 5.54. The van der Waals surface area contributed by atoms with Gasteiger partial charge in [0, 0.05) is 5.69 Å². The minimum Gasteiger partial charge on any atom is -0.496 e. The number of nitrogen functional groups attached to an aromatic ring is 2. The Kier molecular flexibility index (Phi) is 3.23. The fourth-order valence-electron chi connectivity index (χ4n) is 1.66. The highest BCUT2D eigenvalue weighted by atomic mass is 16.5. The predicted molar refractivity (Wildman–Crippen MR) is 74.1 cm³/mol. The number of ether oxygens (including phenoxy) is 1. The first kappa shape index (κ1) is 12.0. The van der Waals surface area contributed by atoms with Crippen LogP contribution in [0.1, 0.15) is 5.56 Å². The van der Waals surface area contributed by atoms with Gasteiger partial charge in [0.05, 0.1) is 12.8 Å². The van der Waals surface area contributed by atoms with Crippen LogP contribution < -0.4 is 21.5 Å². The lowest BCUT2D eigenvalue weighted by atomic mass is 10.2. The second-order valence-electron chi connectivity index (χ2n) is 3.98. The minimum absolute atomic E-state index is 0.324. The number of nitrogens with one attached hydrogen (secondary N) is 1. The average molecular weight is 244 g/mol. The van der Waals surface area contributed by atoms with Crippen LogP contribution in [0.5, 0.6) is 5.75 Å². The molecule has 0 saturated heterocycles. The lowest BCUT2D eigenvalue weighted by Crippen LogP contribution is -2.01. The Labute approximate surface area is 106 Å². The first-order valence-corrected chi connectivity index (χ1v) is 5.54. The van der Waals surface area contributed by atoms with E-state index in [1.165, 1.54) is 0 Å². The van der Waals surface area contributed by atoms with E-state index in [9.17, 15) is 0 Å². The van der Waals surface area contributed by atoms with E-state index in [4.69, 9.17) is 16.2 Å². The van der Waals surface area contributed by atoms with E-state index in [-0.39, 0.29) is 0 Å². The van der Waals surface area contributed by atoms with Gasteiger partial charge in [0.15, 0.2) is 0 Å². The normalized spacial score (nSPS) is 10.1. The summed E-state index contributed by atoms with van der Waals surface area (Å²) >= 11 is 0. The van der Waals surface area contributed by atoms with Gasteiger partial charge in [-0.3, -0.25) is 0 Å². The summed E-state index contributed by atoms with van der Waals surface area (Å²) in [6.45, 7) is 1.98. The summed E-state index contributed by atoms with van der Waals surface area (Å²) < 4.78 is 5.21. The molecule has 0 unspecified atom stereocenters. The molecule has 1 aromatic carbocycles. The van der Waals surface area contributed by atoms with Gasteiger partial charge in [0.1, 0.15) is 17.4 Å². The van der Waals surface area contributed by atoms with E-state index in [1.54, 1.807) is 19.2 Å². The third kappa shape index (κ3) is 2.45. The van der Waals surface area contributed by atoms with Crippen molar-refractivity contribution >= 4 is 23.0 Å². The number of hydrogen-bond donors (Lipinski definition) is 3. The van der Waals surface area contributed by atoms with Crippen LogP contribution in [0.25, 0.3) is 0 Å². The molecule has 1 heterocycles. The molecule has 5 heteroatoms. The Morgan fingerprint density at radius 3 is 2.56 bits per heavy atom. The molecular weight excluding hydrogens is 228 g/mol. The van der Waals surface area contributed by atoms with Crippen molar-refractivity contribution in [2.45, 2.75) is 6.92 Å². The van der Waals surface area contributed by atoms with Gasteiger partial charge in [0.25, 0.3) is 0 Å². The largest absolute Gasteiger partial charge is 0.496 e. The van der Waals surface area contributed by atoms with Crippen LogP contribution in [-0.4, -0.2) is 12.1 Å². The van der Waals surface area contributed by atoms with Crippen molar-refractivity contribution in [1.82, 2.24) is 4.98 Å². The molecule has 0 aliphatic rings. The topological polar surface area (TPSA) is 86.2 Å². The fraction of sp³-hybridized carbons (Fsp3) is 0.154. The summed E-state index contributed by atoms with van der Waals surface area (Å²) in [6.07, 6.45) is 0. The van der Waals surface area contributed by atoms with Gasteiger partial charge in [-0.2, -0.15) is 0 Å². The number of aromatic nitrogens is 1. The van der Waals surface area contributed by atoms with E-state index < -0.39 is 0 Å². The number of benzene rings is 1. The van der Waals surface area contributed by atoms with Crippen molar-refractivity contribution in [2.75, 3.05) is 23.9 Å². The molecule has 0 amide bonds. The molecule has 2 aromatic rings. The molecule has 0 spiro atoms. The molecule has 1 aromatic heterocycles. The number of hydrogen-bond acceptors (Lipinski definition) is 5. The van der Waals surface area contributed by atoms with Gasteiger partial charge in [-0.1, -0.05) is 0 Å². The Morgan fingerprint density at radius 1 is 1.17 bits per heavy atom. The van der Waals surface area contributed by atoms with Crippen LogP contribution in [-0.2, 0) is 0 Å². The molecular formula is C13H16N4O. The highest BCUT2D eigenvalue weighted by molar-refractivity contribution is 5.66. The van der Waals surface area contributed by atoms with Crippen molar-refractivity contribution in [2.24, 2.45) is 0 Å². The van der Waals surface area contributed by atoms with Crippen molar-refractivity contribution in [3.8, 4) is 5.75 Å². The number of rotatable bonds is 3. The van der Waals surface area contributed by atoms with Gasteiger partial charge in [-0.25, -0.2) is 4.98 Å². The van der Waals surface area contributed by atoms with Crippen molar-refractivity contribution < 1.29 is 4.74 Å². The molecule has 0 atom stereocenters. The Bertz CT molecular complexity index is 569. The summed E-state index contributed by atoms with van der Waals surface area (Å²) in [5.74, 6) is 1.84. The van der Waals surface area contributed by atoms with Crippen molar-refractivity contribution in [3.05, 3.63) is 35.9 Å². The molecule has 0 aliphatic carbocycles. The molecule has 94 valence electrons. The molecule has 18 heavy (non-hydrogen) atoms. The Morgan fingerprint density at radius 2 is 1.94 bits per heavy atom. The van der Waals surface area contributed by atoms with Gasteiger partial charge in [0.2, 0.25) is 0 Å². The van der Waals surface area contributed by atoms with E-state index in [2.05, 4.69) is 10.3 Å². The second-order valence-corrected chi connectivity index (χ2v) is 3.98. The fourth-order valence-corrected chi connectivity index (χ4v) is 1.66. The predicted octanol–water partition coefficient (Wildman–Crippen LogP) is 2.31. The average Bonchev–Trinajstić information content (AvgIpc) is 2.34. The van der Waals surface area contributed by atoms with Crippen LogP contribution in [0.3, 0.4) is 0 Å². The molecule has 0 fully saturated rings. The molecule has 0 radical (unpaired) electrons. The number of aryl methyl sites for hydroxylation is 1. The minimum atomic E-state index is 0.324. The number of pyridine rings is 1. The standard InChI is InChI=1S/C13H16N4O/c1-8-7-9(3-5-11(8)18-2)16-12-6-4-10(14)13(15)17-12/h3-7H,14H2,1-2H3,(H3,15,16,17). The van der Waals surface area contributed by atoms with Gasteiger partial charge >= 0.3 is 0 Å². The van der Waals surface area contributed by atoms with E-state index >= 15 is 0 Å². The van der Waals surface area contributed by atoms with Gasteiger partial charge in [-0.15, -0.1) is 0 Å². The molecule has 0 bridgehead atoms. The summed E-state index contributed by atoms with van der Waals surface area (Å²) in [5.41, 5.74) is 13.7. The maximum Gasteiger partial charge on any atom is 0.149 e. The summed E-state index contributed by atoms with van der Waals surface area (Å²) in [5, 5.41) is 3.16. The zero-order valence-electron chi connectivity index (χ0n) is 10.4. The lowest BCUT2D eigenvalue weighted by Gasteiger charge is -2.10. The summed E-state index contributed by atoms with van der Waals surface area (Å²) in [6, 6.07) is 9.30. The monoisotopic (exact) mass is 244 g/mol. The highest BCUT2D eigenvalue weighted by Crippen LogP contribution is 2.24. The number of nitrogens with two attached hydrogens (primary N) is 2. The number of nitrogens with zero attached hydrogens (tertiary/aromatic N) is 1. The van der Waals surface area contributed by atoms with Crippen LogP contribution in [0.4, 0.5) is 23.0 Å². The summed E-state index contributed by atoms with van der Waals surface area (Å²) in [7, 11) is 1.65. The van der Waals surface area contributed by atoms with Gasteiger partial charge in [-0.05, 0) is 42.8 Å². The molecule has 5 N–H and O–H groups in total. The third-order valence-electron chi connectivity index (χ3n) is 2.62. The number of anilines is 4. The number of methoxy groups -OCH3 is 1. The van der Waals surface area contributed by atoms with Crippen LogP contribution in [0, 0.1) is 6.92 Å². The maximum atomic E-state index is 5.65. The summed E-state index contributed by atoms with van der Waals surface area (Å²) in [4.78, 5) is 4.15. The van der Waals surface area contributed by atoms with Gasteiger partial charge < -0.3 is 21.5 Å². The Hall–Kier alpha value is -2.43. The van der Waals surface area contributed by atoms with Crippen molar-refractivity contribution in [3.63, 3.8) is 0 Å². The second kappa shape index (κ2) is 4.83. The van der Waals surface area contributed by atoms with Crippen LogP contribution in [0.2, 0.25) is 0 Å². The molecule has 0 saturated carbocycles. The molecule has 2 rings (SSSR count). The molecule has 5 nitrogen and oxygen atoms in total. The first-order chi connectivity index (χ1) is 8.60. The van der Waals surface area contributed by atoms with Crippen molar-refractivity contribution in [1.29, 1.82) is 0 Å². The quantitative estimate of drug-likeness (QED) is 0.771. The van der Waals surface area contributed by atoms with E-state index in [0.717, 1.165) is 17.0 Å². The van der Waals surface area contributed by atoms with Crippen LogP contribution in [0.15, 0.2) is 30.3 Å². The Balaban J connectivity index is 2.23. The smallest absolute Gasteiger partial charge is 0.149 e. The van der Waals surface area contributed by atoms with E-state index in [0.29, 0.717) is 17.3 Å². The SMILES string of the molecule is COc1ccc(Nc2ccc(N)c(N)n2)cc1C. The zero-order chi connectivity index (χ0) is 13.1. The highest BCUT2D eigenvalue weighted by Gasteiger charge is 2.02. The van der Waals surface area contributed by atoms with Crippen LogP contribution >= 0.6 is 0 Å². The van der Waals surface area contributed by atoms with E-state index in [1.807, 2.05) is 25.1 Å². The molecule has 0 aliphatic heterocycles.